The quantitative estimate of drug-likeness (QED) is 0.819. The molecular weight excluding hydrogens is 364 g/mol. The predicted octanol–water partition coefficient (Wildman–Crippen LogP) is 2.12. The number of hydrogen-bond acceptors (Lipinski definition) is 6. The molecule has 2 aliphatic rings. The van der Waals surface area contributed by atoms with Crippen LogP contribution in [0.2, 0.25) is 0 Å². The summed E-state index contributed by atoms with van der Waals surface area (Å²) >= 11 is 1.35. The van der Waals surface area contributed by atoms with Crippen LogP contribution in [0.5, 0.6) is 0 Å². The molecule has 2 saturated heterocycles. The van der Waals surface area contributed by atoms with E-state index in [-0.39, 0.29) is 17.9 Å². The average molecular weight is 388 g/mol. The fourth-order valence-electron chi connectivity index (χ4n) is 3.74. The Morgan fingerprint density at radius 1 is 1.37 bits per heavy atom. The number of carbonyl (C=O) groups is 2. The molecule has 4 heterocycles. The van der Waals surface area contributed by atoms with Gasteiger partial charge in [-0.15, -0.1) is 11.3 Å². The van der Waals surface area contributed by atoms with E-state index in [1.807, 2.05) is 17.0 Å². The Balaban J connectivity index is 1.32. The molecule has 0 saturated carbocycles. The van der Waals surface area contributed by atoms with E-state index in [0.29, 0.717) is 34.7 Å². The molecule has 2 unspecified atom stereocenters. The number of thiazole rings is 1. The third kappa shape index (κ3) is 4.22. The van der Waals surface area contributed by atoms with Gasteiger partial charge in [-0.25, -0.2) is 4.98 Å². The summed E-state index contributed by atoms with van der Waals surface area (Å²) in [7, 11) is 0. The van der Waals surface area contributed by atoms with Gasteiger partial charge in [-0.2, -0.15) is 0 Å². The van der Waals surface area contributed by atoms with Crippen molar-refractivity contribution in [3.63, 3.8) is 0 Å². The first-order valence-corrected chi connectivity index (χ1v) is 10.3. The van der Waals surface area contributed by atoms with Gasteiger partial charge in [0.1, 0.15) is 4.88 Å². The maximum Gasteiger partial charge on any atom is 0.265 e. The maximum atomic E-state index is 12.8. The summed E-state index contributed by atoms with van der Waals surface area (Å²) in [6.45, 7) is 2.96. The molecule has 27 heavy (non-hydrogen) atoms. The van der Waals surface area contributed by atoms with Crippen LogP contribution in [0.25, 0.3) is 10.8 Å². The highest BCUT2D eigenvalue weighted by molar-refractivity contribution is 7.16. The highest BCUT2D eigenvalue weighted by atomic mass is 32.1. The molecule has 0 radical (unpaired) electrons. The number of carbonyl (C=O) groups excluding carboxylic acids is 2. The molecule has 7 nitrogen and oxygen atoms in total. The molecular formula is C19H24N4O3S. The fourth-order valence-corrected chi connectivity index (χ4v) is 4.59. The zero-order chi connectivity index (χ0) is 18.6. The molecule has 4 rings (SSSR count). The summed E-state index contributed by atoms with van der Waals surface area (Å²) < 4.78 is 5.35. The summed E-state index contributed by atoms with van der Waals surface area (Å²) in [4.78, 5) is 31.8. The van der Waals surface area contributed by atoms with Crippen LogP contribution < -0.4 is 10.6 Å². The fraction of sp³-hybridized carbons (Fsp3) is 0.526. The number of likely N-dealkylation sites (tertiary alicyclic amines) is 1. The number of aromatic nitrogens is 1. The molecule has 0 aliphatic carbocycles. The Hall–Kier alpha value is -2.19. The summed E-state index contributed by atoms with van der Waals surface area (Å²) in [6, 6.07) is 3.60. The molecule has 2 atom stereocenters. The molecule has 2 N–H and O–H groups in total. The molecule has 2 aromatic rings. The number of hydrogen-bond donors (Lipinski definition) is 2. The first-order valence-electron chi connectivity index (χ1n) is 9.51. The van der Waals surface area contributed by atoms with Gasteiger partial charge in [-0.05, 0) is 50.3 Å². The van der Waals surface area contributed by atoms with E-state index in [9.17, 15) is 9.59 Å². The van der Waals surface area contributed by atoms with Crippen LogP contribution in [-0.4, -0.2) is 53.9 Å². The smallest absolute Gasteiger partial charge is 0.265 e. The van der Waals surface area contributed by atoms with Gasteiger partial charge in [0.05, 0.1) is 18.5 Å². The van der Waals surface area contributed by atoms with Gasteiger partial charge in [0.2, 0.25) is 5.91 Å². The summed E-state index contributed by atoms with van der Waals surface area (Å²) in [6.07, 6.45) is 7.17. The maximum absolute atomic E-state index is 12.8. The Bertz CT molecular complexity index is 783. The van der Waals surface area contributed by atoms with E-state index in [2.05, 4.69) is 15.6 Å². The lowest BCUT2D eigenvalue weighted by Gasteiger charge is -2.32. The van der Waals surface area contributed by atoms with E-state index < -0.39 is 0 Å². The van der Waals surface area contributed by atoms with Gasteiger partial charge in [-0.1, -0.05) is 0 Å². The highest BCUT2D eigenvalue weighted by Crippen LogP contribution is 2.27. The van der Waals surface area contributed by atoms with Crippen LogP contribution in [0.15, 0.2) is 29.0 Å². The molecule has 0 spiro atoms. The number of piperidine rings is 1. The molecule has 0 aromatic carbocycles. The van der Waals surface area contributed by atoms with Gasteiger partial charge in [-0.3, -0.25) is 9.59 Å². The second-order valence-corrected chi connectivity index (χ2v) is 8.19. The molecule has 2 aromatic heterocycles. The van der Waals surface area contributed by atoms with Crippen molar-refractivity contribution in [3.05, 3.63) is 29.5 Å². The van der Waals surface area contributed by atoms with Gasteiger partial charge >= 0.3 is 0 Å². The van der Waals surface area contributed by atoms with E-state index in [4.69, 9.17) is 4.42 Å². The van der Waals surface area contributed by atoms with Gasteiger partial charge in [0.15, 0.2) is 10.8 Å². The third-order valence-corrected chi connectivity index (χ3v) is 6.20. The summed E-state index contributed by atoms with van der Waals surface area (Å²) in [5, 5.41) is 6.99. The van der Waals surface area contributed by atoms with Crippen LogP contribution >= 0.6 is 11.3 Å². The van der Waals surface area contributed by atoms with Crippen molar-refractivity contribution < 1.29 is 14.0 Å². The molecule has 144 valence electrons. The van der Waals surface area contributed by atoms with E-state index in [1.54, 1.807) is 12.5 Å². The van der Waals surface area contributed by atoms with Gasteiger partial charge in [0.25, 0.3) is 5.91 Å². The van der Waals surface area contributed by atoms with Crippen molar-refractivity contribution in [3.8, 4) is 10.8 Å². The Morgan fingerprint density at radius 2 is 2.30 bits per heavy atom. The van der Waals surface area contributed by atoms with Crippen LogP contribution in [0, 0.1) is 5.92 Å². The predicted molar refractivity (Wildman–Crippen MR) is 102 cm³/mol. The monoisotopic (exact) mass is 388 g/mol. The molecule has 2 aliphatic heterocycles. The number of nitrogens with zero attached hydrogens (tertiary/aromatic N) is 2. The number of nitrogens with one attached hydrogen (secondary N) is 2. The molecule has 2 fully saturated rings. The molecule has 0 bridgehead atoms. The number of amides is 2. The van der Waals surface area contributed by atoms with E-state index in [1.165, 1.54) is 11.3 Å². The van der Waals surface area contributed by atoms with E-state index >= 15 is 0 Å². The second kappa shape index (κ2) is 8.22. The normalized spacial score (nSPS) is 22.7. The largest absolute Gasteiger partial charge is 0.462 e. The zero-order valence-electron chi connectivity index (χ0n) is 15.1. The SMILES string of the molecule is O=C(NCC1CCCN(C(=O)c2cnc(-c3ccco3)s2)C1)C1CCCN1. The number of furan rings is 1. The van der Waals surface area contributed by atoms with E-state index in [0.717, 1.165) is 38.8 Å². The molecule has 8 heteroatoms. The first-order chi connectivity index (χ1) is 13.2. The Labute approximate surface area is 162 Å². The third-order valence-electron chi connectivity index (χ3n) is 5.20. The summed E-state index contributed by atoms with van der Waals surface area (Å²) in [5.74, 6) is 1.07. The van der Waals surface area contributed by atoms with Crippen LogP contribution in [0.4, 0.5) is 0 Å². The highest BCUT2D eigenvalue weighted by Gasteiger charge is 2.28. The van der Waals surface area contributed by atoms with Crippen LogP contribution in [0.1, 0.15) is 35.4 Å². The van der Waals surface area contributed by atoms with Crippen molar-refractivity contribution >= 4 is 23.2 Å². The lowest BCUT2D eigenvalue weighted by Crippen LogP contribution is -2.46. The van der Waals surface area contributed by atoms with Crippen molar-refractivity contribution in [2.75, 3.05) is 26.2 Å². The minimum absolute atomic E-state index is 0.0128. The zero-order valence-corrected chi connectivity index (χ0v) is 16.0. The minimum Gasteiger partial charge on any atom is -0.462 e. The summed E-state index contributed by atoms with van der Waals surface area (Å²) in [5.41, 5.74) is 0. The number of rotatable bonds is 5. The average Bonchev–Trinajstić information content (AvgIpc) is 3.46. The lowest BCUT2D eigenvalue weighted by atomic mass is 9.97. The van der Waals surface area contributed by atoms with Crippen molar-refractivity contribution in [2.24, 2.45) is 5.92 Å². The lowest BCUT2D eigenvalue weighted by molar-refractivity contribution is -0.123. The standard InChI is InChI=1S/C19H24N4O3S/c24-17(14-5-1-7-20-14)21-10-13-4-2-8-23(12-13)19(25)16-11-22-18(27-16)15-6-3-9-26-15/h3,6,9,11,13-14,20H,1-2,4-5,7-8,10,12H2,(H,21,24). The first kappa shape index (κ1) is 18.2. The van der Waals surface area contributed by atoms with Gasteiger partial charge < -0.3 is 20.0 Å². The van der Waals surface area contributed by atoms with Gasteiger partial charge in [0, 0.05) is 19.6 Å². The van der Waals surface area contributed by atoms with Crippen LogP contribution in [-0.2, 0) is 4.79 Å². The van der Waals surface area contributed by atoms with Crippen molar-refractivity contribution in [2.45, 2.75) is 31.7 Å². The van der Waals surface area contributed by atoms with Crippen LogP contribution in [0.3, 0.4) is 0 Å². The Kier molecular flexibility index (Phi) is 5.54. The van der Waals surface area contributed by atoms with Crippen molar-refractivity contribution in [1.82, 2.24) is 20.5 Å². The van der Waals surface area contributed by atoms with Crippen molar-refractivity contribution in [1.29, 1.82) is 0 Å². The minimum atomic E-state index is -0.0523. The molecule has 2 amide bonds. The Morgan fingerprint density at radius 3 is 3.07 bits per heavy atom. The second-order valence-electron chi connectivity index (χ2n) is 7.16. The topological polar surface area (TPSA) is 87.5 Å².